The van der Waals surface area contributed by atoms with Gasteiger partial charge in [-0.25, -0.2) is 0 Å². The first kappa shape index (κ1) is 23.6. The summed E-state index contributed by atoms with van der Waals surface area (Å²) in [7, 11) is 0. The molecule has 0 atom stereocenters. The lowest BCUT2D eigenvalue weighted by atomic mass is 10.1. The summed E-state index contributed by atoms with van der Waals surface area (Å²) >= 11 is 0. The molecular formula is C36H26N2O2. The Morgan fingerprint density at radius 1 is 0.425 bits per heavy atom. The standard InChI is InChI=1S/C36H26N2O2/c39-33-21-12-20-32(36(33)38(27-15-6-2-7-16-27)28-17-8-3-9-18-28)37(26-13-4-1-5-14-26)29-23-24-35-31(25-29)30-19-10-11-22-34(30)40-35/h1-25,39H. The third-order valence-corrected chi connectivity index (χ3v) is 7.12. The van der Waals surface area contributed by atoms with Crippen LogP contribution in [0, 0.1) is 0 Å². The summed E-state index contributed by atoms with van der Waals surface area (Å²) in [6, 6.07) is 50.6. The molecule has 7 aromatic rings. The summed E-state index contributed by atoms with van der Waals surface area (Å²) in [5, 5.41) is 13.6. The lowest BCUT2D eigenvalue weighted by Gasteiger charge is -2.33. The fraction of sp³-hybridized carbons (Fsp3) is 0. The van der Waals surface area contributed by atoms with Crippen molar-refractivity contribution in [2.24, 2.45) is 0 Å². The average Bonchev–Trinajstić information content (AvgIpc) is 3.39. The number of hydrogen-bond donors (Lipinski definition) is 1. The number of aromatic hydroxyl groups is 1. The van der Waals surface area contributed by atoms with Crippen LogP contribution in [-0.4, -0.2) is 5.11 Å². The van der Waals surface area contributed by atoms with Gasteiger partial charge in [-0.3, -0.25) is 0 Å². The summed E-state index contributed by atoms with van der Waals surface area (Å²) < 4.78 is 6.13. The first-order chi connectivity index (χ1) is 19.8. The zero-order chi connectivity index (χ0) is 26.9. The number of rotatable bonds is 6. The quantitative estimate of drug-likeness (QED) is 0.238. The van der Waals surface area contributed by atoms with Crippen molar-refractivity contribution in [3.05, 3.63) is 152 Å². The van der Waals surface area contributed by atoms with Crippen molar-refractivity contribution in [2.75, 3.05) is 9.80 Å². The summed E-state index contributed by atoms with van der Waals surface area (Å²) in [6.07, 6.45) is 0. The maximum Gasteiger partial charge on any atom is 0.141 e. The molecule has 40 heavy (non-hydrogen) atoms. The molecule has 1 N–H and O–H groups in total. The summed E-state index contributed by atoms with van der Waals surface area (Å²) in [5.41, 5.74) is 7.04. The predicted octanol–water partition coefficient (Wildman–Crippen LogP) is 10.2. The summed E-state index contributed by atoms with van der Waals surface area (Å²) in [4.78, 5) is 4.29. The molecule has 0 unspecified atom stereocenters. The van der Waals surface area contributed by atoms with E-state index in [1.54, 1.807) is 6.07 Å². The van der Waals surface area contributed by atoms with Crippen LogP contribution in [-0.2, 0) is 0 Å². The van der Waals surface area contributed by atoms with Gasteiger partial charge in [-0.15, -0.1) is 0 Å². The van der Waals surface area contributed by atoms with E-state index >= 15 is 0 Å². The molecule has 0 radical (unpaired) electrons. The second-order valence-corrected chi connectivity index (χ2v) is 9.60. The van der Waals surface area contributed by atoms with E-state index in [2.05, 4.69) is 70.5 Å². The number of para-hydroxylation sites is 5. The van der Waals surface area contributed by atoms with Crippen LogP contribution in [0.15, 0.2) is 156 Å². The molecule has 192 valence electrons. The molecule has 0 fully saturated rings. The van der Waals surface area contributed by atoms with E-state index in [0.29, 0.717) is 5.69 Å². The Hall–Kier alpha value is -5.48. The molecule has 0 aliphatic heterocycles. The highest BCUT2D eigenvalue weighted by molar-refractivity contribution is 6.07. The topological polar surface area (TPSA) is 39.9 Å². The van der Waals surface area contributed by atoms with Gasteiger partial charge in [0.15, 0.2) is 0 Å². The van der Waals surface area contributed by atoms with E-state index in [1.165, 1.54) is 0 Å². The zero-order valence-corrected chi connectivity index (χ0v) is 21.7. The fourth-order valence-corrected chi connectivity index (χ4v) is 5.35. The maximum atomic E-state index is 11.5. The van der Waals surface area contributed by atoms with Crippen molar-refractivity contribution in [1.29, 1.82) is 0 Å². The second-order valence-electron chi connectivity index (χ2n) is 9.60. The number of hydrogen-bond acceptors (Lipinski definition) is 4. The summed E-state index contributed by atoms with van der Waals surface area (Å²) in [6.45, 7) is 0. The molecule has 1 heterocycles. The summed E-state index contributed by atoms with van der Waals surface area (Å²) in [5.74, 6) is 0.181. The largest absolute Gasteiger partial charge is 0.506 e. The Bertz CT molecular complexity index is 1880. The highest BCUT2D eigenvalue weighted by Gasteiger charge is 2.25. The molecule has 4 heteroatoms. The predicted molar refractivity (Wildman–Crippen MR) is 165 cm³/mol. The van der Waals surface area contributed by atoms with Gasteiger partial charge in [-0.2, -0.15) is 0 Å². The first-order valence-corrected chi connectivity index (χ1v) is 13.3. The van der Waals surface area contributed by atoms with Gasteiger partial charge in [0.2, 0.25) is 0 Å². The third kappa shape index (κ3) is 4.12. The van der Waals surface area contributed by atoms with Crippen LogP contribution in [0.4, 0.5) is 34.1 Å². The molecule has 7 rings (SSSR count). The van der Waals surface area contributed by atoms with Crippen LogP contribution in [0.2, 0.25) is 0 Å². The van der Waals surface area contributed by atoms with Crippen LogP contribution in [0.5, 0.6) is 5.75 Å². The molecule has 0 spiro atoms. The number of anilines is 6. The number of benzene rings is 6. The number of furan rings is 1. The van der Waals surface area contributed by atoms with Gasteiger partial charge in [0, 0.05) is 33.5 Å². The molecule has 0 bridgehead atoms. The van der Waals surface area contributed by atoms with Crippen LogP contribution >= 0.6 is 0 Å². The van der Waals surface area contributed by atoms with Gasteiger partial charge >= 0.3 is 0 Å². The van der Waals surface area contributed by atoms with Gasteiger partial charge in [0.05, 0.1) is 5.69 Å². The lowest BCUT2D eigenvalue weighted by molar-refractivity contribution is 0.476. The number of fused-ring (bicyclic) bond motifs is 3. The first-order valence-electron chi connectivity index (χ1n) is 13.3. The minimum absolute atomic E-state index is 0.181. The molecule has 0 amide bonds. The van der Waals surface area contributed by atoms with Crippen molar-refractivity contribution in [3.63, 3.8) is 0 Å². The number of phenolic OH excluding ortho intramolecular Hbond substituents is 1. The maximum absolute atomic E-state index is 11.5. The molecule has 1 aromatic heterocycles. The van der Waals surface area contributed by atoms with Gasteiger partial charge < -0.3 is 19.3 Å². The monoisotopic (exact) mass is 518 g/mol. The van der Waals surface area contributed by atoms with Gasteiger partial charge in [-0.1, -0.05) is 78.9 Å². The van der Waals surface area contributed by atoms with Crippen molar-refractivity contribution < 1.29 is 9.52 Å². The second kappa shape index (κ2) is 10.0. The Balaban J connectivity index is 1.50. The molecule has 0 aliphatic carbocycles. The van der Waals surface area contributed by atoms with E-state index in [9.17, 15) is 5.11 Å². The molecule has 0 saturated carbocycles. The Morgan fingerprint density at radius 2 is 0.975 bits per heavy atom. The molecule has 4 nitrogen and oxygen atoms in total. The van der Waals surface area contributed by atoms with Gasteiger partial charge in [0.1, 0.15) is 22.6 Å². The SMILES string of the molecule is Oc1cccc(N(c2ccccc2)c2ccc3oc4ccccc4c3c2)c1N(c1ccccc1)c1ccccc1. The minimum atomic E-state index is 0.181. The van der Waals surface area contributed by atoms with Crippen LogP contribution < -0.4 is 9.80 Å². The molecule has 6 aromatic carbocycles. The third-order valence-electron chi connectivity index (χ3n) is 7.12. The molecule has 0 saturated heterocycles. The van der Waals surface area contributed by atoms with Gasteiger partial charge in [0.25, 0.3) is 0 Å². The number of nitrogens with zero attached hydrogens (tertiary/aromatic N) is 2. The van der Waals surface area contributed by atoms with Crippen molar-refractivity contribution in [1.82, 2.24) is 0 Å². The van der Waals surface area contributed by atoms with Crippen LogP contribution in [0.1, 0.15) is 0 Å². The smallest absolute Gasteiger partial charge is 0.141 e. The minimum Gasteiger partial charge on any atom is -0.506 e. The normalized spacial score (nSPS) is 11.1. The average molecular weight is 519 g/mol. The van der Waals surface area contributed by atoms with E-state index < -0.39 is 0 Å². The van der Waals surface area contributed by atoms with Crippen molar-refractivity contribution in [2.45, 2.75) is 0 Å². The zero-order valence-electron chi connectivity index (χ0n) is 21.7. The highest BCUT2D eigenvalue weighted by Crippen LogP contribution is 2.50. The molecule has 0 aliphatic rings. The Kier molecular flexibility index (Phi) is 5.91. The van der Waals surface area contributed by atoms with E-state index in [1.807, 2.05) is 84.9 Å². The Morgan fingerprint density at radius 3 is 1.62 bits per heavy atom. The van der Waals surface area contributed by atoms with Crippen LogP contribution in [0.25, 0.3) is 21.9 Å². The van der Waals surface area contributed by atoms with Crippen LogP contribution in [0.3, 0.4) is 0 Å². The number of phenols is 1. The fourth-order valence-electron chi connectivity index (χ4n) is 5.35. The van der Waals surface area contributed by atoms with Crippen molar-refractivity contribution >= 4 is 56.1 Å². The Labute approximate surface area is 232 Å². The van der Waals surface area contributed by atoms with E-state index in [0.717, 1.165) is 50.4 Å². The van der Waals surface area contributed by atoms with E-state index in [4.69, 9.17) is 4.42 Å². The van der Waals surface area contributed by atoms with E-state index in [-0.39, 0.29) is 5.75 Å². The molecular weight excluding hydrogens is 492 g/mol. The van der Waals surface area contributed by atoms with Gasteiger partial charge in [-0.05, 0) is 72.8 Å². The highest BCUT2D eigenvalue weighted by atomic mass is 16.3. The van der Waals surface area contributed by atoms with Crippen molar-refractivity contribution in [3.8, 4) is 5.75 Å². The lowest BCUT2D eigenvalue weighted by Crippen LogP contribution is -2.17.